The Kier molecular flexibility index (Phi) is 5.01. The topological polar surface area (TPSA) is 87.5 Å². The minimum absolute atomic E-state index is 0.0414. The largest absolute Gasteiger partial charge is 0.369 e. The van der Waals surface area contributed by atoms with Gasteiger partial charge in [0.05, 0.1) is 6.54 Å². The Morgan fingerprint density at radius 3 is 2.05 bits per heavy atom. The molecule has 4 N–H and O–H groups in total. The van der Waals surface area contributed by atoms with Crippen molar-refractivity contribution in [1.29, 1.82) is 0 Å². The van der Waals surface area contributed by atoms with E-state index in [4.69, 9.17) is 5.73 Å². The Hall–Kier alpha value is -1.30. The van der Waals surface area contributed by atoms with E-state index in [0.29, 0.717) is 12.6 Å². The van der Waals surface area contributed by atoms with Crippen LogP contribution in [0.25, 0.3) is 0 Å². The summed E-state index contributed by atoms with van der Waals surface area (Å²) in [4.78, 5) is 24.7. The average molecular weight is 268 g/mol. The lowest BCUT2D eigenvalue weighted by atomic mass is 10.1. The fourth-order valence-corrected chi connectivity index (χ4v) is 2.94. The average Bonchev–Trinajstić information content (AvgIpc) is 2.83. The van der Waals surface area contributed by atoms with Crippen molar-refractivity contribution >= 4 is 11.9 Å². The van der Waals surface area contributed by atoms with Gasteiger partial charge in [-0.05, 0) is 25.7 Å². The van der Waals surface area contributed by atoms with Crippen molar-refractivity contribution in [3.05, 3.63) is 0 Å². The Morgan fingerprint density at radius 1 is 1.00 bits per heavy atom. The Balaban J connectivity index is 1.64. The summed E-state index contributed by atoms with van der Waals surface area (Å²) in [5.41, 5.74) is 5.17. The first-order valence-corrected chi connectivity index (χ1v) is 7.21. The number of likely N-dealkylation sites (tertiary alicyclic amines) is 1. The highest BCUT2D eigenvalue weighted by Crippen LogP contribution is 2.17. The van der Waals surface area contributed by atoms with E-state index >= 15 is 0 Å². The van der Waals surface area contributed by atoms with Gasteiger partial charge in [-0.15, -0.1) is 0 Å². The standard InChI is InChI=1S/C13H24N4O2/c14-12(18)9-17-7-5-11(6-8-17)16-13(19)15-10-3-1-2-4-10/h10-11H,1-9H2,(H2,14,18)(H2,15,16,19). The Labute approximate surface area is 114 Å². The molecule has 1 heterocycles. The maximum Gasteiger partial charge on any atom is 0.315 e. The number of nitrogens with one attached hydrogen (secondary N) is 2. The lowest BCUT2D eigenvalue weighted by molar-refractivity contribution is -0.119. The lowest BCUT2D eigenvalue weighted by Gasteiger charge is -2.31. The summed E-state index contributed by atoms with van der Waals surface area (Å²) in [6.45, 7) is 1.95. The van der Waals surface area contributed by atoms with Crippen LogP contribution in [0.15, 0.2) is 0 Å². The molecule has 0 aromatic carbocycles. The minimum atomic E-state index is -0.287. The van der Waals surface area contributed by atoms with E-state index in [-0.39, 0.29) is 18.0 Å². The number of rotatable bonds is 4. The number of piperidine rings is 1. The summed E-state index contributed by atoms with van der Waals surface area (Å²) in [6.07, 6.45) is 6.40. The van der Waals surface area contributed by atoms with E-state index in [0.717, 1.165) is 38.8 Å². The third kappa shape index (κ3) is 4.70. The molecule has 0 aromatic heterocycles. The number of nitrogens with zero attached hydrogens (tertiary/aromatic N) is 1. The molecule has 1 saturated carbocycles. The first-order chi connectivity index (χ1) is 9.13. The maximum atomic E-state index is 11.8. The summed E-state index contributed by atoms with van der Waals surface area (Å²) >= 11 is 0. The van der Waals surface area contributed by atoms with E-state index in [1.54, 1.807) is 0 Å². The highest BCUT2D eigenvalue weighted by Gasteiger charge is 2.23. The fraction of sp³-hybridized carbons (Fsp3) is 0.846. The number of carbonyl (C=O) groups is 2. The molecule has 0 unspecified atom stereocenters. The molecule has 2 aliphatic rings. The number of hydrogen-bond acceptors (Lipinski definition) is 3. The third-order valence-corrected chi connectivity index (χ3v) is 3.99. The monoisotopic (exact) mass is 268 g/mol. The minimum Gasteiger partial charge on any atom is -0.369 e. The normalized spacial score (nSPS) is 22.3. The van der Waals surface area contributed by atoms with Crippen molar-refractivity contribution in [2.24, 2.45) is 5.73 Å². The third-order valence-electron chi connectivity index (χ3n) is 3.99. The van der Waals surface area contributed by atoms with Crippen molar-refractivity contribution in [3.63, 3.8) is 0 Å². The van der Waals surface area contributed by atoms with Crippen LogP contribution < -0.4 is 16.4 Å². The molecule has 2 fully saturated rings. The highest BCUT2D eigenvalue weighted by molar-refractivity contribution is 5.76. The zero-order valence-corrected chi connectivity index (χ0v) is 11.4. The molecule has 3 amide bonds. The van der Waals surface area contributed by atoms with Crippen molar-refractivity contribution in [1.82, 2.24) is 15.5 Å². The molecule has 2 rings (SSSR count). The van der Waals surface area contributed by atoms with Crippen LogP contribution in [0.5, 0.6) is 0 Å². The fourth-order valence-electron chi connectivity index (χ4n) is 2.94. The van der Waals surface area contributed by atoms with Gasteiger partial charge in [-0.25, -0.2) is 4.79 Å². The number of nitrogens with two attached hydrogens (primary N) is 1. The van der Waals surface area contributed by atoms with Crippen LogP contribution in [-0.2, 0) is 4.79 Å². The van der Waals surface area contributed by atoms with E-state index in [1.165, 1.54) is 12.8 Å². The first kappa shape index (κ1) is 14.1. The van der Waals surface area contributed by atoms with Gasteiger partial charge in [0.15, 0.2) is 0 Å². The van der Waals surface area contributed by atoms with Gasteiger partial charge in [-0.3, -0.25) is 9.69 Å². The van der Waals surface area contributed by atoms with Gasteiger partial charge < -0.3 is 16.4 Å². The molecule has 0 spiro atoms. The molecule has 19 heavy (non-hydrogen) atoms. The van der Waals surface area contributed by atoms with Gasteiger partial charge in [0, 0.05) is 25.2 Å². The smallest absolute Gasteiger partial charge is 0.315 e. The SMILES string of the molecule is NC(=O)CN1CCC(NC(=O)NC2CCCC2)CC1. The van der Waals surface area contributed by atoms with Gasteiger partial charge in [-0.2, -0.15) is 0 Å². The van der Waals surface area contributed by atoms with Crippen LogP contribution in [0.3, 0.4) is 0 Å². The number of amides is 3. The quantitative estimate of drug-likeness (QED) is 0.679. The molecule has 0 atom stereocenters. The Bertz CT molecular complexity index is 321. The number of urea groups is 1. The number of carbonyl (C=O) groups excluding carboxylic acids is 2. The zero-order chi connectivity index (χ0) is 13.7. The summed E-state index contributed by atoms with van der Waals surface area (Å²) in [5, 5.41) is 6.06. The zero-order valence-electron chi connectivity index (χ0n) is 11.4. The van der Waals surface area contributed by atoms with Gasteiger partial charge in [0.2, 0.25) is 5.91 Å². The van der Waals surface area contributed by atoms with Crippen LogP contribution >= 0.6 is 0 Å². The summed E-state index contributed by atoms with van der Waals surface area (Å²) in [5.74, 6) is -0.287. The molecule has 6 heteroatoms. The summed E-state index contributed by atoms with van der Waals surface area (Å²) < 4.78 is 0. The molecule has 108 valence electrons. The van der Waals surface area contributed by atoms with E-state index in [2.05, 4.69) is 10.6 Å². The van der Waals surface area contributed by atoms with Crippen LogP contribution in [0, 0.1) is 0 Å². The molecule has 0 bridgehead atoms. The van der Waals surface area contributed by atoms with Gasteiger partial charge in [0.1, 0.15) is 0 Å². The summed E-state index contributed by atoms with van der Waals surface area (Å²) in [6, 6.07) is 0.528. The van der Waals surface area contributed by atoms with Gasteiger partial charge >= 0.3 is 6.03 Å². The second-order valence-corrected chi connectivity index (χ2v) is 5.62. The van der Waals surface area contributed by atoms with Crippen molar-refractivity contribution in [2.75, 3.05) is 19.6 Å². The van der Waals surface area contributed by atoms with Crippen LogP contribution in [0.2, 0.25) is 0 Å². The van der Waals surface area contributed by atoms with Crippen LogP contribution in [-0.4, -0.2) is 48.6 Å². The van der Waals surface area contributed by atoms with E-state index in [9.17, 15) is 9.59 Å². The second-order valence-electron chi connectivity index (χ2n) is 5.62. The van der Waals surface area contributed by atoms with Crippen molar-refractivity contribution in [3.8, 4) is 0 Å². The lowest BCUT2D eigenvalue weighted by Crippen LogP contribution is -2.50. The predicted octanol–water partition coefficient (Wildman–Crippen LogP) is 0.178. The first-order valence-electron chi connectivity index (χ1n) is 7.21. The van der Waals surface area contributed by atoms with Crippen LogP contribution in [0.4, 0.5) is 4.79 Å². The molecule has 1 saturated heterocycles. The van der Waals surface area contributed by atoms with Crippen LogP contribution in [0.1, 0.15) is 38.5 Å². The highest BCUT2D eigenvalue weighted by atomic mass is 16.2. The molecule has 0 radical (unpaired) electrons. The summed E-state index contributed by atoms with van der Waals surface area (Å²) in [7, 11) is 0. The van der Waals surface area contributed by atoms with E-state index < -0.39 is 0 Å². The second kappa shape index (κ2) is 6.75. The Morgan fingerprint density at radius 2 is 1.53 bits per heavy atom. The van der Waals surface area contributed by atoms with Gasteiger partial charge in [0.25, 0.3) is 0 Å². The molecule has 0 aromatic rings. The molecule has 6 nitrogen and oxygen atoms in total. The molecular weight excluding hydrogens is 244 g/mol. The maximum absolute atomic E-state index is 11.8. The van der Waals surface area contributed by atoms with E-state index in [1.807, 2.05) is 4.90 Å². The van der Waals surface area contributed by atoms with Crippen molar-refractivity contribution < 1.29 is 9.59 Å². The number of hydrogen-bond donors (Lipinski definition) is 3. The molecular formula is C13H24N4O2. The molecule has 1 aliphatic carbocycles. The van der Waals surface area contributed by atoms with Crippen molar-refractivity contribution in [2.45, 2.75) is 50.6 Å². The predicted molar refractivity (Wildman–Crippen MR) is 72.6 cm³/mol. The number of primary amides is 1. The van der Waals surface area contributed by atoms with Gasteiger partial charge in [-0.1, -0.05) is 12.8 Å². The molecule has 1 aliphatic heterocycles.